The van der Waals surface area contributed by atoms with E-state index in [1.165, 1.54) is 5.56 Å². The van der Waals surface area contributed by atoms with Crippen LogP contribution in [0, 0.1) is 6.92 Å². The molecule has 0 aromatic heterocycles. The molecule has 3 heteroatoms. The number of benzene rings is 2. The molecule has 2 rings (SSSR count). The van der Waals surface area contributed by atoms with Crippen molar-refractivity contribution in [2.75, 3.05) is 0 Å². The van der Waals surface area contributed by atoms with E-state index in [1.807, 2.05) is 61.5 Å². The van der Waals surface area contributed by atoms with Gasteiger partial charge in [-0.25, -0.2) is 0 Å². The van der Waals surface area contributed by atoms with Gasteiger partial charge in [-0.2, -0.15) is 0 Å². The van der Waals surface area contributed by atoms with Gasteiger partial charge < -0.3 is 5.32 Å². The van der Waals surface area contributed by atoms with Crippen molar-refractivity contribution < 1.29 is 4.79 Å². The van der Waals surface area contributed by atoms with E-state index < -0.39 is 5.38 Å². The highest BCUT2D eigenvalue weighted by Gasteiger charge is 2.16. The summed E-state index contributed by atoms with van der Waals surface area (Å²) in [4.78, 5) is 12.0. The van der Waals surface area contributed by atoms with Gasteiger partial charge >= 0.3 is 0 Å². The Hall–Kier alpha value is -1.80. The van der Waals surface area contributed by atoms with E-state index in [-0.39, 0.29) is 5.91 Å². The van der Waals surface area contributed by atoms with Gasteiger partial charge in [-0.1, -0.05) is 60.2 Å². The molecule has 0 bridgehead atoms. The highest BCUT2D eigenvalue weighted by molar-refractivity contribution is 6.30. The van der Waals surface area contributed by atoms with Crippen molar-refractivity contribution in [3.05, 3.63) is 71.3 Å². The van der Waals surface area contributed by atoms with Crippen LogP contribution < -0.4 is 5.32 Å². The number of hydrogen-bond donors (Lipinski definition) is 1. The summed E-state index contributed by atoms with van der Waals surface area (Å²) in [7, 11) is 0. The van der Waals surface area contributed by atoms with Crippen molar-refractivity contribution in [1.29, 1.82) is 0 Å². The van der Waals surface area contributed by atoms with Gasteiger partial charge in [-0.05, 0) is 18.1 Å². The van der Waals surface area contributed by atoms with Crippen LogP contribution in [0.2, 0.25) is 0 Å². The fraction of sp³-hybridized carbons (Fsp3) is 0.188. The predicted octanol–water partition coefficient (Wildman–Crippen LogP) is 3.59. The van der Waals surface area contributed by atoms with Gasteiger partial charge in [0.2, 0.25) is 5.91 Å². The second kappa shape index (κ2) is 6.39. The van der Waals surface area contributed by atoms with Crippen LogP contribution >= 0.6 is 11.6 Å². The van der Waals surface area contributed by atoms with Crippen LogP contribution in [-0.4, -0.2) is 5.91 Å². The van der Waals surface area contributed by atoms with E-state index in [9.17, 15) is 4.79 Å². The first-order valence-corrected chi connectivity index (χ1v) is 6.63. The van der Waals surface area contributed by atoms with Crippen LogP contribution in [0.3, 0.4) is 0 Å². The van der Waals surface area contributed by atoms with Crippen molar-refractivity contribution in [1.82, 2.24) is 5.32 Å². The lowest BCUT2D eigenvalue weighted by molar-refractivity contribution is -0.121. The Bertz CT molecular complexity index is 554. The van der Waals surface area contributed by atoms with Crippen LogP contribution in [0.4, 0.5) is 0 Å². The Kier molecular flexibility index (Phi) is 4.58. The average Bonchev–Trinajstić information content (AvgIpc) is 2.45. The molecule has 1 atom stereocenters. The summed E-state index contributed by atoms with van der Waals surface area (Å²) in [5.74, 6) is -0.172. The molecule has 1 amide bonds. The lowest BCUT2D eigenvalue weighted by Crippen LogP contribution is -2.26. The molecule has 2 nitrogen and oxygen atoms in total. The normalized spacial score (nSPS) is 11.9. The number of aryl methyl sites for hydroxylation is 1. The fourth-order valence-corrected chi connectivity index (χ4v) is 2.10. The molecule has 0 saturated heterocycles. The van der Waals surface area contributed by atoms with E-state index in [0.717, 1.165) is 11.1 Å². The molecule has 0 fully saturated rings. The van der Waals surface area contributed by atoms with Crippen LogP contribution in [0.15, 0.2) is 54.6 Å². The average molecular weight is 274 g/mol. The Morgan fingerprint density at radius 3 is 2.58 bits per heavy atom. The summed E-state index contributed by atoms with van der Waals surface area (Å²) < 4.78 is 0. The highest BCUT2D eigenvalue weighted by Crippen LogP contribution is 2.20. The van der Waals surface area contributed by atoms with Gasteiger partial charge in [0.05, 0.1) is 0 Å². The summed E-state index contributed by atoms with van der Waals surface area (Å²) in [6, 6.07) is 17.4. The van der Waals surface area contributed by atoms with E-state index in [1.54, 1.807) is 0 Å². The summed E-state index contributed by atoms with van der Waals surface area (Å²) in [5.41, 5.74) is 3.06. The minimum absolute atomic E-state index is 0.172. The Morgan fingerprint density at radius 1 is 1.16 bits per heavy atom. The maximum Gasteiger partial charge on any atom is 0.242 e. The number of alkyl halides is 1. The predicted molar refractivity (Wildman–Crippen MR) is 78.1 cm³/mol. The first-order chi connectivity index (χ1) is 9.16. The lowest BCUT2D eigenvalue weighted by atomic mass is 10.1. The van der Waals surface area contributed by atoms with Crippen molar-refractivity contribution in [2.45, 2.75) is 18.8 Å². The van der Waals surface area contributed by atoms with Crippen LogP contribution in [0.1, 0.15) is 22.1 Å². The number of nitrogens with one attached hydrogen (secondary N) is 1. The molecule has 2 aromatic rings. The fourth-order valence-electron chi connectivity index (χ4n) is 1.87. The summed E-state index contributed by atoms with van der Waals surface area (Å²) in [6.07, 6.45) is 0. The van der Waals surface area contributed by atoms with Crippen molar-refractivity contribution in [3.63, 3.8) is 0 Å². The third-order valence-corrected chi connectivity index (χ3v) is 3.32. The molecule has 0 radical (unpaired) electrons. The first-order valence-electron chi connectivity index (χ1n) is 6.19. The lowest BCUT2D eigenvalue weighted by Gasteiger charge is -2.11. The van der Waals surface area contributed by atoms with Crippen molar-refractivity contribution >= 4 is 17.5 Å². The summed E-state index contributed by atoms with van der Waals surface area (Å²) >= 11 is 6.14. The van der Waals surface area contributed by atoms with E-state index in [0.29, 0.717) is 6.54 Å². The zero-order chi connectivity index (χ0) is 13.7. The minimum Gasteiger partial charge on any atom is -0.350 e. The maximum atomic E-state index is 12.0. The third kappa shape index (κ3) is 3.83. The Morgan fingerprint density at radius 2 is 1.89 bits per heavy atom. The molecule has 98 valence electrons. The van der Waals surface area contributed by atoms with Gasteiger partial charge in [0.15, 0.2) is 0 Å². The summed E-state index contributed by atoms with van der Waals surface area (Å²) in [6.45, 7) is 2.52. The molecule has 0 heterocycles. The monoisotopic (exact) mass is 273 g/mol. The van der Waals surface area contributed by atoms with E-state index >= 15 is 0 Å². The first kappa shape index (κ1) is 13.6. The Balaban J connectivity index is 1.95. The largest absolute Gasteiger partial charge is 0.350 e. The minimum atomic E-state index is -0.647. The SMILES string of the molecule is Cc1cccc(CNC(=O)C(Cl)c2ccccc2)c1. The number of amides is 1. The molecule has 0 aliphatic carbocycles. The van der Waals surface area contributed by atoms with Crippen molar-refractivity contribution in [3.8, 4) is 0 Å². The quantitative estimate of drug-likeness (QED) is 0.848. The molecular weight excluding hydrogens is 258 g/mol. The number of halogens is 1. The van der Waals surface area contributed by atoms with E-state index in [2.05, 4.69) is 5.32 Å². The van der Waals surface area contributed by atoms with Gasteiger partial charge in [-0.3, -0.25) is 4.79 Å². The topological polar surface area (TPSA) is 29.1 Å². The van der Waals surface area contributed by atoms with Crippen LogP contribution in [0.25, 0.3) is 0 Å². The molecule has 0 aliphatic rings. The molecule has 0 saturated carbocycles. The number of hydrogen-bond acceptors (Lipinski definition) is 1. The van der Waals surface area contributed by atoms with Gasteiger partial charge in [0.25, 0.3) is 0 Å². The molecule has 1 N–H and O–H groups in total. The van der Waals surface area contributed by atoms with Crippen LogP contribution in [0.5, 0.6) is 0 Å². The maximum absolute atomic E-state index is 12.0. The number of rotatable bonds is 4. The molecule has 2 aromatic carbocycles. The van der Waals surface area contributed by atoms with Gasteiger partial charge in [-0.15, -0.1) is 11.6 Å². The Labute approximate surface area is 118 Å². The zero-order valence-electron chi connectivity index (χ0n) is 10.8. The smallest absolute Gasteiger partial charge is 0.242 e. The third-order valence-electron chi connectivity index (χ3n) is 2.87. The standard InChI is InChI=1S/C16H16ClNO/c1-12-6-5-7-13(10-12)11-18-16(19)15(17)14-8-3-2-4-9-14/h2-10,15H,11H2,1H3,(H,18,19). The summed E-state index contributed by atoms with van der Waals surface area (Å²) in [5, 5.41) is 2.21. The van der Waals surface area contributed by atoms with Crippen molar-refractivity contribution in [2.24, 2.45) is 0 Å². The highest BCUT2D eigenvalue weighted by atomic mass is 35.5. The van der Waals surface area contributed by atoms with Crippen LogP contribution in [-0.2, 0) is 11.3 Å². The molecular formula is C16H16ClNO. The second-order valence-corrected chi connectivity index (χ2v) is 4.92. The van der Waals surface area contributed by atoms with Gasteiger partial charge in [0.1, 0.15) is 5.38 Å². The molecule has 19 heavy (non-hydrogen) atoms. The second-order valence-electron chi connectivity index (χ2n) is 4.48. The number of carbonyl (C=O) groups is 1. The molecule has 0 spiro atoms. The molecule has 0 aliphatic heterocycles. The van der Waals surface area contributed by atoms with Gasteiger partial charge in [0, 0.05) is 6.54 Å². The zero-order valence-corrected chi connectivity index (χ0v) is 11.5. The molecule has 1 unspecified atom stereocenters. The van der Waals surface area contributed by atoms with E-state index in [4.69, 9.17) is 11.6 Å². The number of carbonyl (C=O) groups excluding carboxylic acids is 1.